The van der Waals surface area contributed by atoms with Crippen LogP contribution in [0.2, 0.25) is 0 Å². The summed E-state index contributed by atoms with van der Waals surface area (Å²) in [7, 11) is 1.49. The summed E-state index contributed by atoms with van der Waals surface area (Å²) in [6.45, 7) is 1.72. The third-order valence-electron chi connectivity index (χ3n) is 3.41. The lowest BCUT2D eigenvalue weighted by Gasteiger charge is -2.25. The van der Waals surface area contributed by atoms with Crippen molar-refractivity contribution in [1.29, 1.82) is 0 Å². The average Bonchev–Trinajstić information content (AvgIpc) is 2.48. The summed E-state index contributed by atoms with van der Waals surface area (Å²) in [4.78, 5) is 13.5. The topological polar surface area (TPSA) is 20.3 Å². The van der Waals surface area contributed by atoms with Gasteiger partial charge in [0.05, 0.1) is 11.6 Å². The van der Waals surface area contributed by atoms with Crippen LogP contribution in [-0.2, 0) is 0 Å². The van der Waals surface area contributed by atoms with Gasteiger partial charge in [0.25, 0.3) is 5.91 Å². The zero-order valence-corrected chi connectivity index (χ0v) is 11.6. The molecular weight excluding hydrogens is 279 g/mol. The van der Waals surface area contributed by atoms with Crippen molar-refractivity contribution in [1.82, 2.24) is 4.90 Å². The van der Waals surface area contributed by atoms with Crippen molar-refractivity contribution in [3.63, 3.8) is 0 Å². The molecule has 2 aromatic rings. The van der Waals surface area contributed by atoms with E-state index in [1.165, 1.54) is 24.1 Å². The number of carbonyl (C=O) groups excluding carboxylic acids is 1. The number of nitrogens with zero attached hydrogens (tertiary/aromatic N) is 1. The molecular formula is C16H14F3NO. The number of rotatable bonds is 3. The molecule has 0 aliphatic carbocycles. The highest BCUT2D eigenvalue weighted by Crippen LogP contribution is 2.22. The molecule has 1 amide bonds. The third kappa shape index (κ3) is 3.24. The lowest BCUT2D eigenvalue weighted by atomic mass is 10.1. The van der Waals surface area contributed by atoms with Gasteiger partial charge in [0, 0.05) is 7.05 Å². The van der Waals surface area contributed by atoms with Crippen molar-refractivity contribution in [2.45, 2.75) is 13.0 Å². The maximum Gasteiger partial charge on any atom is 0.257 e. The van der Waals surface area contributed by atoms with Crippen molar-refractivity contribution in [3.05, 3.63) is 71.0 Å². The molecule has 0 saturated heterocycles. The Morgan fingerprint density at radius 1 is 1.00 bits per heavy atom. The molecule has 1 unspecified atom stereocenters. The molecule has 0 aliphatic rings. The van der Waals surface area contributed by atoms with Crippen LogP contribution in [0.4, 0.5) is 13.2 Å². The first-order chi connectivity index (χ1) is 9.90. The Morgan fingerprint density at radius 3 is 2.19 bits per heavy atom. The van der Waals surface area contributed by atoms with Crippen LogP contribution in [-0.4, -0.2) is 17.9 Å². The van der Waals surface area contributed by atoms with Gasteiger partial charge in [-0.1, -0.05) is 12.1 Å². The van der Waals surface area contributed by atoms with Gasteiger partial charge in [0.15, 0.2) is 0 Å². The molecule has 0 N–H and O–H groups in total. The van der Waals surface area contributed by atoms with Gasteiger partial charge < -0.3 is 4.90 Å². The Balaban J connectivity index is 2.26. The summed E-state index contributed by atoms with van der Waals surface area (Å²) >= 11 is 0. The second kappa shape index (κ2) is 5.99. The summed E-state index contributed by atoms with van der Waals surface area (Å²) < 4.78 is 39.7. The summed E-state index contributed by atoms with van der Waals surface area (Å²) in [6.07, 6.45) is 0. The molecule has 110 valence electrons. The minimum atomic E-state index is -0.778. The molecule has 0 heterocycles. The molecule has 2 nitrogen and oxygen atoms in total. The standard InChI is InChI=1S/C16H14F3NO/c1-10(11-3-5-12(17)6-4-11)20(2)16(21)14-9-13(18)7-8-15(14)19/h3-10H,1-2H3. The SMILES string of the molecule is CC(c1ccc(F)cc1)N(C)C(=O)c1cc(F)ccc1F. The Bertz CT molecular complexity index is 655. The van der Waals surface area contributed by atoms with E-state index in [9.17, 15) is 18.0 Å². The van der Waals surface area contributed by atoms with Crippen molar-refractivity contribution < 1.29 is 18.0 Å². The molecule has 0 bridgehead atoms. The van der Waals surface area contributed by atoms with E-state index >= 15 is 0 Å². The second-order valence-electron chi connectivity index (χ2n) is 4.77. The number of halogens is 3. The lowest BCUT2D eigenvalue weighted by Crippen LogP contribution is -2.30. The highest BCUT2D eigenvalue weighted by Gasteiger charge is 2.22. The number of hydrogen-bond donors (Lipinski definition) is 0. The Labute approximate surface area is 120 Å². The fourth-order valence-corrected chi connectivity index (χ4v) is 1.99. The van der Waals surface area contributed by atoms with Crippen molar-refractivity contribution in [2.24, 2.45) is 0 Å². The number of carbonyl (C=O) groups is 1. The first-order valence-corrected chi connectivity index (χ1v) is 6.38. The predicted molar refractivity (Wildman–Crippen MR) is 73.3 cm³/mol. The van der Waals surface area contributed by atoms with Crippen molar-refractivity contribution >= 4 is 5.91 Å². The monoisotopic (exact) mass is 293 g/mol. The average molecular weight is 293 g/mol. The lowest BCUT2D eigenvalue weighted by molar-refractivity contribution is 0.0737. The molecule has 0 saturated carbocycles. The van der Waals surface area contributed by atoms with Crippen LogP contribution >= 0.6 is 0 Å². The quantitative estimate of drug-likeness (QED) is 0.839. The molecule has 2 rings (SSSR count). The minimum absolute atomic E-state index is 0.327. The smallest absolute Gasteiger partial charge is 0.257 e. The van der Waals surface area contributed by atoms with Gasteiger partial charge in [-0.15, -0.1) is 0 Å². The molecule has 0 radical (unpaired) electrons. The zero-order chi connectivity index (χ0) is 15.6. The van der Waals surface area contributed by atoms with Crippen LogP contribution in [0.15, 0.2) is 42.5 Å². The maximum atomic E-state index is 13.6. The molecule has 0 spiro atoms. The van der Waals surface area contributed by atoms with E-state index in [2.05, 4.69) is 0 Å². The summed E-state index contributed by atoms with van der Waals surface area (Å²) in [5, 5.41) is 0. The van der Waals surface area contributed by atoms with Crippen LogP contribution in [0.3, 0.4) is 0 Å². The first kappa shape index (κ1) is 15.1. The fraction of sp³-hybridized carbons (Fsp3) is 0.188. The molecule has 0 aliphatic heterocycles. The van der Waals surface area contributed by atoms with Crippen LogP contribution in [0.1, 0.15) is 28.9 Å². The van der Waals surface area contributed by atoms with E-state index in [1.54, 1.807) is 19.1 Å². The normalized spacial score (nSPS) is 12.0. The van der Waals surface area contributed by atoms with Gasteiger partial charge in [0.2, 0.25) is 0 Å². The van der Waals surface area contributed by atoms with Crippen LogP contribution in [0, 0.1) is 17.5 Å². The summed E-state index contributed by atoms with van der Waals surface area (Å²) in [5.41, 5.74) is 0.371. The first-order valence-electron chi connectivity index (χ1n) is 6.38. The predicted octanol–water partition coefficient (Wildman–Crippen LogP) is 3.94. The van der Waals surface area contributed by atoms with Gasteiger partial charge >= 0.3 is 0 Å². The molecule has 1 atom stereocenters. The van der Waals surface area contributed by atoms with E-state index in [0.717, 1.165) is 18.2 Å². The minimum Gasteiger partial charge on any atom is -0.335 e. The van der Waals surface area contributed by atoms with Gasteiger partial charge in [-0.2, -0.15) is 0 Å². The fourth-order valence-electron chi connectivity index (χ4n) is 1.99. The van der Waals surface area contributed by atoms with Gasteiger partial charge in [-0.3, -0.25) is 4.79 Å². The van der Waals surface area contributed by atoms with E-state index in [-0.39, 0.29) is 11.4 Å². The molecule has 0 aromatic heterocycles. The van der Waals surface area contributed by atoms with Crippen molar-refractivity contribution in [3.8, 4) is 0 Å². The number of hydrogen-bond acceptors (Lipinski definition) is 1. The molecule has 0 fully saturated rings. The Kier molecular flexibility index (Phi) is 4.31. The van der Waals surface area contributed by atoms with E-state index in [1.807, 2.05) is 0 Å². The van der Waals surface area contributed by atoms with Gasteiger partial charge in [-0.25, -0.2) is 13.2 Å². The van der Waals surface area contributed by atoms with E-state index in [4.69, 9.17) is 0 Å². The van der Waals surface area contributed by atoms with Gasteiger partial charge in [-0.05, 0) is 42.8 Å². The maximum absolute atomic E-state index is 13.6. The van der Waals surface area contributed by atoms with Crippen LogP contribution < -0.4 is 0 Å². The molecule has 5 heteroatoms. The third-order valence-corrected chi connectivity index (χ3v) is 3.41. The molecule has 21 heavy (non-hydrogen) atoms. The Morgan fingerprint density at radius 2 is 1.57 bits per heavy atom. The second-order valence-corrected chi connectivity index (χ2v) is 4.77. The largest absolute Gasteiger partial charge is 0.335 e. The van der Waals surface area contributed by atoms with E-state index in [0.29, 0.717) is 5.56 Å². The Hall–Kier alpha value is -2.30. The highest BCUT2D eigenvalue weighted by atomic mass is 19.1. The summed E-state index contributed by atoms with van der Waals surface area (Å²) in [6, 6.07) is 8.00. The number of amides is 1. The van der Waals surface area contributed by atoms with Crippen molar-refractivity contribution in [2.75, 3.05) is 7.05 Å². The zero-order valence-electron chi connectivity index (χ0n) is 11.6. The number of benzene rings is 2. The summed E-state index contributed by atoms with van der Waals surface area (Å²) in [5.74, 6) is -2.47. The van der Waals surface area contributed by atoms with Gasteiger partial charge in [0.1, 0.15) is 17.5 Å². The van der Waals surface area contributed by atoms with Crippen LogP contribution in [0.5, 0.6) is 0 Å². The molecule has 2 aromatic carbocycles. The van der Waals surface area contributed by atoms with Crippen LogP contribution in [0.25, 0.3) is 0 Å². The highest BCUT2D eigenvalue weighted by molar-refractivity contribution is 5.94. The van der Waals surface area contributed by atoms with E-state index < -0.39 is 23.6 Å².